The lowest BCUT2D eigenvalue weighted by molar-refractivity contribution is -0.119. The highest BCUT2D eigenvalue weighted by molar-refractivity contribution is 5.93. The van der Waals surface area contributed by atoms with E-state index < -0.39 is 5.91 Å². The third-order valence-electron chi connectivity index (χ3n) is 3.81. The van der Waals surface area contributed by atoms with Crippen LogP contribution in [0.4, 0.5) is 5.69 Å². The number of amides is 2. The van der Waals surface area contributed by atoms with Crippen molar-refractivity contribution in [2.24, 2.45) is 5.73 Å². The topological polar surface area (TPSA) is 103 Å². The lowest BCUT2D eigenvalue weighted by atomic mass is 10.1. The molecule has 0 bridgehead atoms. The summed E-state index contributed by atoms with van der Waals surface area (Å²) in [7, 11) is 3.18. The molecule has 0 aliphatic carbocycles. The summed E-state index contributed by atoms with van der Waals surface area (Å²) in [4.78, 5) is 22.9. The van der Waals surface area contributed by atoms with Gasteiger partial charge in [0.1, 0.15) is 0 Å². The monoisotopic (exact) mass is 357 g/mol. The minimum absolute atomic E-state index is 0.121. The first-order valence-electron chi connectivity index (χ1n) is 8.15. The van der Waals surface area contributed by atoms with Crippen molar-refractivity contribution in [1.29, 1.82) is 0 Å². The van der Waals surface area contributed by atoms with E-state index in [0.29, 0.717) is 30.0 Å². The second-order valence-electron chi connectivity index (χ2n) is 5.58. The number of rotatable bonds is 9. The number of benzene rings is 2. The maximum atomic E-state index is 11.9. The largest absolute Gasteiger partial charge is 0.493 e. The molecule has 0 saturated carbocycles. The van der Waals surface area contributed by atoms with E-state index in [1.165, 1.54) is 0 Å². The molecule has 26 heavy (non-hydrogen) atoms. The van der Waals surface area contributed by atoms with E-state index in [0.717, 1.165) is 11.3 Å². The van der Waals surface area contributed by atoms with Gasteiger partial charge >= 0.3 is 0 Å². The minimum Gasteiger partial charge on any atom is -0.493 e. The highest BCUT2D eigenvalue weighted by atomic mass is 16.5. The zero-order chi connectivity index (χ0) is 18.9. The van der Waals surface area contributed by atoms with E-state index in [9.17, 15) is 9.59 Å². The number of carbonyl (C=O) groups is 2. The minimum atomic E-state index is -0.482. The molecule has 4 N–H and O–H groups in total. The molecule has 0 aromatic heterocycles. The smallest absolute Gasteiger partial charge is 0.248 e. The van der Waals surface area contributed by atoms with Crippen LogP contribution < -0.4 is 25.8 Å². The molecule has 2 amide bonds. The first-order valence-corrected chi connectivity index (χ1v) is 8.15. The fourth-order valence-electron chi connectivity index (χ4n) is 2.38. The molecule has 2 rings (SSSR count). The summed E-state index contributed by atoms with van der Waals surface area (Å²) in [6, 6.07) is 12.3. The number of ether oxygens (including phenoxy) is 2. The van der Waals surface area contributed by atoms with Crippen LogP contribution in [0.2, 0.25) is 0 Å². The summed E-state index contributed by atoms with van der Waals surface area (Å²) in [5.41, 5.74) is 7.39. The van der Waals surface area contributed by atoms with E-state index >= 15 is 0 Å². The molecule has 0 aliphatic heterocycles. The molecule has 7 nitrogen and oxygen atoms in total. The predicted octanol–water partition coefficient (Wildman–Crippen LogP) is 1.57. The van der Waals surface area contributed by atoms with Crippen molar-refractivity contribution in [3.8, 4) is 11.5 Å². The molecular formula is C19H23N3O4. The number of hydrogen-bond acceptors (Lipinski definition) is 5. The quantitative estimate of drug-likeness (QED) is 0.632. The van der Waals surface area contributed by atoms with E-state index in [1.807, 2.05) is 18.2 Å². The SMILES string of the molecule is COc1ccc(CCNC(=O)CNc2ccc(C(N)=O)cc2)cc1OC. The summed E-state index contributed by atoms with van der Waals surface area (Å²) < 4.78 is 10.5. The van der Waals surface area contributed by atoms with Crippen LogP contribution in [0.15, 0.2) is 42.5 Å². The van der Waals surface area contributed by atoms with Crippen molar-refractivity contribution in [3.63, 3.8) is 0 Å². The van der Waals surface area contributed by atoms with Crippen LogP contribution in [0.25, 0.3) is 0 Å². The van der Waals surface area contributed by atoms with Gasteiger partial charge in [-0.3, -0.25) is 9.59 Å². The molecular weight excluding hydrogens is 334 g/mol. The molecule has 7 heteroatoms. The molecule has 2 aromatic rings. The summed E-state index contributed by atoms with van der Waals surface area (Å²) >= 11 is 0. The summed E-state index contributed by atoms with van der Waals surface area (Å²) in [5, 5.41) is 5.84. The van der Waals surface area contributed by atoms with Gasteiger partial charge in [-0.2, -0.15) is 0 Å². The normalized spacial score (nSPS) is 10.1. The molecule has 0 atom stereocenters. The number of carbonyl (C=O) groups excluding carboxylic acids is 2. The van der Waals surface area contributed by atoms with Crippen LogP contribution in [-0.2, 0) is 11.2 Å². The van der Waals surface area contributed by atoms with Gasteiger partial charge in [-0.05, 0) is 48.4 Å². The van der Waals surface area contributed by atoms with E-state index in [2.05, 4.69) is 10.6 Å². The second-order valence-corrected chi connectivity index (χ2v) is 5.58. The van der Waals surface area contributed by atoms with Crippen LogP contribution in [0.1, 0.15) is 15.9 Å². The third kappa shape index (κ3) is 5.41. The Labute approximate surface area is 152 Å². The van der Waals surface area contributed by atoms with Gasteiger partial charge in [0.05, 0.1) is 20.8 Å². The summed E-state index contributed by atoms with van der Waals surface area (Å²) in [6.45, 7) is 0.651. The molecule has 138 valence electrons. The van der Waals surface area contributed by atoms with Gasteiger partial charge in [-0.25, -0.2) is 0 Å². The molecule has 2 aromatic carbocycles. The van der Waals surface area contributed by atoms with Crippen molar-refractivity contribution in [2.45, 2.75) is 6.42 Å². The number of hydrogen-bond donors (Lipinski definition) is 3. The Balaban J connectivity index is 1.76. The Kier molecular flexibility index (Phi) is 6.84. The van der Waals surface area contributed by atoms with Crippen LogP contribution in [0.5, 0.6) is 11.5 Å². The Morgan fingerprint density at radius 3 is 2.31 bits per heavy atom. The van der Waals surface area contributed by atoms with Gasteiger partial charge in [-0.15, -0.1) is 0 Å². The molecule has 0 saturated heterocycles. The van der Waals surface area contributed by atoms with Gasteiger partial charge in [0, 0.05) is 17.8 Å². The standard InChI is InChI=1S/C19H23N3O4/c1-25-16-8-3-13(11-17(16)26-2)9-10-21-18(23)12-22-15-6-4-14(5-7-15)19(20)24/h3-8,11,22H,9-10,12H2,1-2H3,(H2,20,24)(H,21,23). The number of nitrogens with two attached hydrogens (primary N) is 1. The van der Waals surface area contributed by atoms with E-state index in [1.54, 1.807) is 38.5 Å². The molecule has 0 heterocycles. The number of primary amides is 1. The molecule has 0 unspecified atom stereocenters. The summed E-state index contributed by atoms with van der Waals surface area (Å²) in [6.07, 6.45) is 0.680. The van der Waals surface area contributed by atoms with Crippen molar-refractivity contribution in [1.82, 2.24) is 5.32 Å². The number of methoxy groups -OCH3 is 2. The van der Waals surface area contributed by atoms with Gasteiger partial charge < -0.3 is 25.8 Å². The maximum absolute atomic E-state index is 11.9. The summed E-state index contributed by atoms with van der Waals surface area (Å²) in [5.74, 6) is 0.734. The molecule has 0 aliphatic rings. The van der Waals surface area contributed by atoms with Gasteiger partial charge in [0.25, 0.3) is 0 Å². The first-order chi connectivity index (χ1) is 12.5. The lowest BCUT2D eigenvalue weighted by Gasteiger charge is -2.11. The van der Waals surface area contributed by atoms with Crippen LogP contribution in [0, 0.1) is 0 Å². The van der Waals surface area contributed by atoms with Crippen LogP contribution in [0.3, 0.4) is 0 Å². The Morgan fingerprint density at radius 2 is 1.69 bits per heavy atom. The van der Waals surface area contributed by atoms with E-state index in [4.69, 9.17) is 15.2 Å². The van der Waals surface area contributed by atoms with Gasteiger partial charge in [-0.1, -0.05) is 6.07 Å². The molecule has 0 fully saturated rings. The Hall–Kier alpha value is -3.22. The Bertz CT molecular complexity index is 760. The zero-order valence-electron chi connectivity index (χ0n) is 14.9. The fraction of sp³-hybridized carbons (Fsp3) is 0.263. The third-order valence-corrected chi connectivity index (χ3v) is 3.81. The van der Waals surface area contributed by atoms with Crippen LogP contribution in [-0.4, -0.2) is 39.1 Å². The number of nitrogens with one attached hydrogen (secondary N) is 2. The Morgan fingerprint density at radius 1 is 1.00 bits per heavy atom. The predicted molar refractivity (Wildman–Crippen MR) is 99.7 cm³/mol. The van der Waals surface area contributed by atoms with Gasteiger partial charge in [0.2, 0.25) is 11.8 Å². The molecule has 0 radical (unpaired) electrons. The van der Waals surface area contributed by atoms with Gasteiger partial charge in [0.15, 0.2) is 11.5 Å². The average molecular weight is 357 g/mol. The average Bonchev–Trinajstić information content (AvgIpc) is 2.66. The van der Waals surface area contributed by atoms with E-state index in [-0.39, 0.29) is 12.5 Å². The lowest BCUT2D eigenvalue weighted by Crippen LogP contribution is -2.31. The maximum Gasteiger partial charge on any atom is 0.248 e. The van der Waals surface area contributed by atoms with Crippen molar-refractivity contribution < 1.29 is 19.1 Å². The zero-order valence-corrected chi connectivity index (χ0v) is 14.9. The van der Waals surface area contributed by atoms with Crippen LogP contribution >= 0.6 is 0 Å². The highest BCUT2D eigenvalue weighted by Gasteiger charge is 2.06. The van der Waals surface area contributed by atoms with Crippen molar-refractivity contribution in [3.05, 3.63) is 53.6 Å². The number of anilines is 1. The van der Waals surface area contributed by atoms with Crippen molar-refractivity contribution >= 4 is 17.5 Å². The van der Waals surface area contributed by atoms with Crippen molar-refractivity contribution in [2.75, 3.05) is 32.6 Å². The second kappa shape index (κ2) is 9.31. The first kappa shape index (κ1) is 19.1. The fourth-order valence-corrected chi connectivity index (χ4v) is 2.38. The molecule has 0 spiro atoms. The highest BCUT2D eigenvalue weighted by Crippen LogP contribution is 2.27.